The van der Waals surface area contributed by atoms with Crippen LogP contribution in [-0.4, -0.2) is 26.2 Å². The van der Waals surface area contributed by atoms with Gasteiger partial charge in [0.1, 0.15) is 12.3 Å². The van der Waals surface area contributed by atoms with Crippen molar-refractivity contribution >= 4 is 21.7 Å². The fourth-order valence-corrected chi connectivity index (χ4v) is 3.43. The lowest BCUT2D eigenvalue weighted by molar-refractivity contribution is 0.0551. The van der Waals surface area contributed by atoms with E-state index in [2.05, 4.69) is 16.5 Å². The summed E-state index contributed by atoms with van der Waals surface area (Å²) in [6.07, 6.45) is 1.43. The number of anilines is 1. The lowest BCUT2D eigenvalue weighted by atomic mass is 10.2. The highest BCUT2D eigenvalue weighted by Crippen LogP contribution is 2.24. The maximum atomic E-state index is 12.5. The minimum absolute atomic E-state index is 0.0315. The number of benzene rings is 1. The largest absolute Gasteiger partial charge is 0.458 e. The summed E-state index contributed by atoms with van der Waals surface area (Å²) in [7, 11) is -3.94. The average Bonchev–Trinajstić information content (AvgIpc) is 2.84. The van der Waals surface area contributed by atoms with Crippen molar-refractivity contribution in [3.05, 3.63) is 53.9 Å². The van der Waals surface area contributed by atoms with Crippen LogP contribution in [0.15, 0.2) is 46.3 Å². The SMILES string of the molecule is C=CCOC(=O)c1ccccc1NS(=O)(=O)c1c(C)noc1C. The molecule has 23 heavy (non-hydrogen) atoms. The molecule has 7 nitrogen and oxygen atoms in total. The van der Waals surface area contributed by atoms with E-state index in [1.807, 2.05) is 0 Å². The Kier molecular flexibility index (Phi) is 4.85. The van der Waals surface area contributed by atoms with Crippen LogP contribution in [0.1, 0.15) is 21.8 Å². The Bertz CT molecular complexity index is 820. The van der Waals surface area contributed by atoms with E-state index in [0.29, 0.717) is 0 Å². The van der Waals surface area contributed by atoms with Crippen molar-refractivity contribution in [2.75, 3.05) is 11.3 Å². The molecular formula is C15H16N2O5S. The Morgan fingerprint density at radius 1 is 1.39 bits per heavy atom. The fourth-order valence-electron chi connectivity index (χ4n) is 2.02. The number of nitrogens with zero attached hydrogens (tertiary/aromatic N) is 1. The highest BCUT2D eigenvalue weighted by Gasteiger charge is 2.26. The molecule has 1 N–H and O–H groups in total. The Morgan fingerprint density at radius 2 is 2.09 bits per heavy atom. The van der Waals surface area contributed by atoms with E-state index in [1.165, 1.54) is 32.1 Å². The van der Waals surface area contributed by atoms with Gasteiger partial charge >= 0.3 is 5.97 Å². The molecule has 1 aromatic carbocycles. The molecule has 1 aromatic heterocycles. The molecule has 0 atom stereocenters. The number of rotatable bonds is 6. The molecule has 0 bridgehead atoms. The van der Waals surface area contributed by atoms with Gasteiger partial charge in [0.25, 0.3) is 10.0 Å². The van der Waals surface area contributed by atoms with E-state index < -0.39 is 16.0 Å². The number of sulfonamides is 1. The third kappa shape index (κ3) is 3.59. The quantitative estimate of drug-likeness (QED) is 0.642. The van der Waals surface area contributed by atoms with Gasteiger partial charge in [-0.2, -0.15) is 0 Å². The number of aryl methyl sites for hydroxylation is 2. The first-order valence-corrected chi connectivity index (χ1v) is 8.18. The zero-order chi connectivity index (χ0) is 17.0. The van der Waals surface area contributed by atoms with Gasteiger partial charge in [0.2, 0.25) is 0 Å². The summed E-state index contributed by atoms with van der Waals surface area (Å²) in [5.41, 5.74) is 0.452. The van der Waals surface area contributed by atoms with Crippen molar-refractivity contribution in [3.63, 3.8) is 0 Å². The van der Waals surface area contributed by atoms with Crippen LogP contribution in [0.25, 0.3) is 0 Å². The topological polar surface area (TPSA) is 98.5 Å². The van der Waals surface area contributed by atoms with Gasteiger partial charge in [-0.3, -0.25) is 4.72 Å². The van der Waals surface area contributed by atoms with Crippen LogP contribution >= 0.6 is 0 Å². The van der Waals surface area contributed by atoms with Crippen molar-refractivity contribution in [1.82, 2.24) is 5.16 Å². The number of esters is 1. The lowest BCUT2D eigenvalue weighted by Gasteiger charge is -2.11. The molecule has 1 heterocycles. The molecule has 0 fully saturated rings. The molecule has 0 saturated carbocycles. The predicted molar refractivity (Wildman–Crippen MR) is 83.7 cm³/mol. The van der Waals surface area contributed by atoms with Gasteiger partial charge in [0.15, 0.2) is 10.7 Å². The third-order valence-electron chi connectivity index (χ3n) is 2.96. The number of para-hydroxylation sites is 1. The number of carbonyl (C=O) groups excluding carboxylic acids is 1. The molecule has 0 aliphatic rings. The molecular weight excluding hydrogens is 320 g/mol. The van der Waals surface area contributed by atoms with E-state index in [1.54, 1.807) is 12.1 Å². The summed E-state index contributed by atoms with van der Waals surface area (Å²) in [5, 5.41) is 3.63. The lowest BCUT2D eigenvalue weighted by Crippen LogP contribution is -2.17. The van der Waals surface area contributed by atoms with Crippen LogP contribution in [0.2, 0.25) is 0 Å². The molecule has 0 saturated heterocycles. The summed E-state index contributed by atoms with van der Waals surface area (Å²) in [4.78, 5) is 11.9. The summed E-state index contributed by atoms with van der Waals surface area (Å²) >= 11 is 0. The molecule has 0 aliphatic heterocycles. The molecule has 8 heteroatoms. The molecule has 0 aliphatic carbocycles. The van der Waals surface area contributed by atoms with Crippen LogP contribution in [-0.2, 0) is 14.8 Å². The summed E-state index contributed by atoms with van der Waals surface area (Å²) in [5.74, 6) is -0.483. The van der Waals surface area contributed by atoms with Gasteiger partial charge in [-0.25, -0.2) is 13.2 Å². The fraction of sp³-hybridized carbons (Fsp3) is 0.200. The van der Waals surface area contributed by atoms with Crippen LogP contribution in [0.3, 0.4) is 0 Å². The van der Waals surface area contributed by atoms with Crippen molar-refractivity contribution in [2.24, 2.45) is 0 Å². The van der Waals surface area contributed by atoms with E-state index in [-0.39, 0.29) is 34.2 Å². The Labute approximate surface area is 134 Å². The van der Waals surface area contributed by atoms with Gasteiger partial charge in [0.05, 0.1) is 11.3 Å². The molecule has 0 unspecified atom stereocenters. The van der Waals surface area contributed by atoms with Crippen LogP contribution in [0.5, 0.6) is 0 Å². The first kappa shape index (κ1) is 16.8. The van der Waals surface area contributed by atoms with Gasteiger partial charge in [0, 0.05) is 0 Å². The summed E-state index contributed by atoms with van der Waals surface area (Å²) < 4.78 is 37.2. The molecule has 0 radical (unpaired) electrons. The summed E-state index contributed by atoms with van der Waals surface area (Å²) in [6.45, 7) is 6.51. The highest BCUT2D eigenvalue weighted by atomic mass is 32.2. The van der Waals surface area contributed by atoms with Crippen LogP contribution in [0, 0.1) is 13.8 Å². The van der Waals surface area contributed by atoms with Gasteiger partial charge in [-0.1, -0.05) is 29.9 Å². The minimum Gasteiger partial charge on any atom is -0.458 e. The molecule has 122 valence electrons. The Hall–Kier alpha value is -2.61. The summed E-state index contributed by atoms with van der Waals surface area (Å²) in [6, 6.07) is 6.16. The average molecular weight is 336 g/mol. The van der Waals surface area contributed by atoms with E-state index in [9.17, 15) is 13.2 Å². The van der Waals surface area contributed by atoms with E-state index in [0.717, 1.165) is 0 Å². The minimum atomic E-state index is -3.94. The first-order chi connectivity index (χ1) is 10.9. The van der Waals surface area contributed by atoms with Crippen molar-refractivity contribution in [2.45, 2.75) is 18.7 Å². The molecule has 0 amide bonds. The second-order valence-corrected chi connectivity index (χ2v) is 6.31. The number of hydrogen-bond donors (Lipinski definition) is 1. The zero-order valence-electron chi connectivity index (χ0n) is 12.7. The first-order valence-electron chi connectivity index (χ1n) is 6.69. The Balaban J connectivity index is 2.37. The number of aromatic nitrogens is 1. The van der Waals surface area contributed by atoms with Crippen LogP contribution < -0.4 is 4.72 Å². The normalized spacial score (nSPS) is 11.0. The van der Waals surface area contributed by atoms with Gasteiger partial charge < -0.3 is 9.26 Å². The second kappa shape index (κ2) is 6.66. The second-order valence-electron chi connectivity index (χ2n) is 4.69. The van der Waals surface area contributed by atoms with Crippen LogP contribution in [0.4, 0.5) is 5.69 Å². The number of hydrogen-bond acceptors (Lipinski definition) is 6. The number of nitrogens with one attached hydrogen (secondary N) is 1. The maximum absolute atomic E-state index is 12.5. The smallest absolute Gasteiger partial charge is 0.340 e. The maximum Gasteiger partial charge on any atom is 0.340 e. The van der Waals surface area contributed by atoms with Gasteiger partial charge in [-0.05, 0) is 26.0 Å². The van der Waals surface area contributed by atoms with Gasteiger partial charge in [-0.15, -0.1) is 0 Å². The van der Waals surface area contributed by atoms with E-state index in [4.69, 9.17) is 9.26 Å². The molecule has 2 aromatic rings. The van der Waals surface area contributed by atoms with Crippen molar-refractivity contribution in [1.29, 1.82) is 0 Å². The number of ether oxygens (including phenoxy) is 1. The van der Waals surface area contributed by atoms with E-state index >= 15 is 0 Å². The molecule has 0 spiro atoms. The Morgan fingerprint density at radius 3 is 2.70 bits per heavy atom. The third-order valence-corrected chi connectivity index (χ3v) is 4.57. The number of carbonyl (C=O) groups is 1. The predicted octanol–water partition coefficient (Wildman–Crippen LogP) is 2.44. The van der Waals surface area contributed by atoms with Crippen molar-refractivity contribution in [3.8, 4) is 0 Å². The highest BCUT2D eigenvalue weighted by molar-refractivity contribution is 7.92. The zero-order valence-corrected chi connectivity index (χ0v) is 13.5. The standard InChI is InChI=1S/C15H16N2O5S/c1-4-9-21-15(18)12-7-5-6-8-13(12)17-23(19,20)14-10(2)16-22-11(14)3/h4-8,17H,1,9H2,2-3H3. The monoisotopic (exact) mass is 336 g/mol. The van der Waals surface area contributed by atoms with Crippen molar-refractivity contribution < 1.29 is 22.5 Å². The molecule has 2 rings (SSSR count).